The summed E-state index contributed by atoms with van der Waals surface area (Å²) in [4.78, 5) is 0. The summed E-state index contributed by atoms with van der Waals surface area (Å²) in [5.41, 5.74) is 2.20. The van der Waals surface area contributed by atoms with Gasteiger partial charge in [0.2, 0.25) is 0 Å². The molecule has 2 N–H and O–H groups in total. The van der Waals surface area contributed by atoms with Gasteiger partial charge < -0.3 is 15.2 Å². The lowest BCUT2D eigenvalue weighted by atomic mass is 9.87. The Morgan fingerprint density at radius 1 is 1.50 bits per heavy atom. The van der Waals surface area contributed by atoms with Gasteiger partial charge in [-0.15, -0.1) is 0 Å². The summed E-state index contributed by atoms with van der Waals surface area (Å²) in [6, 6.07) is 6.15. The van der Waals surface area contributed by atoms with E-state index in [1.807, 2.05) is 12.1 Å². The van der Waals surface area contributed by atoms with Crippen LogP contribution in [0.3, 0.4) is 0 Å². The van der Waals surface area contributed by atoms with Crippen LogP contribution in [0, 0.1) is 12.3 Å². The molecule has 1 fully saturated rings. The maximum Gasteiger partial charge on any atom is 0.0584 e. The summed E-state index contributed by atoms with van der Waals surface area (Å²) in [6.45, 7) is 4.28. The minimum absolute atomic E-state index is 0.0824. The monoisotopic (exact) mass is 285 g/mol. The molecule has 1 aliphatic heterocycles. The molecule has 3 nitrogen and oxygen atoms in total. The molecule has 1 saturated heterocycles. The molecule has 88 valence electrons. The third kappa shape index (κ3) is 2.39. The van der Waals surface area contributed by atoms with Gasteiger partial charge >= 0.3 is 0 Å². The third-order valence-corrected chi connectivity index (χ3v) is 3.87. The van der Waals surface area contributed by atoms with Crippen LogP contribution in [-0.2, 0) is 4.74 Å². The molecule has 0 amide bonds. The standard InChI is InChI=1S/C12H16BrNO2/c1-9-4-10(2-3-11(9)13)14-5-12(6-15)7-16-8-12/h2-4,14-15H,5-8H2,1H3. The molecule has 0 aliphatic carbocycles. The molecule has 0 radical (unpaired) electrons. The Morgan fingerprint density at radius 3 is 2.75 bits per heavy atom. The highest BCUT2D eigenvalue weighted by Crippen LogP contribution is 2.28. The quantitative estimate of drug-likeness (QED) is 0.891. The first-order chi connectivity index (χ1) is 7.65. The second-order valence-corrected chi connectivity index (χ2v) is 5.32. The van der Waals surface area contributed by atoms with E-state index in [9.17, 15) is 5.11 Å². The van der Waals surface area contributed by atoms with Gasteiger partial charge in [0.25, 0.3) is 0 Å². The summed E-state index contributed by atoms with van der Waals surface area (Å²) < 4.78 is 6.27. The Balaban J connectivity index is 1.96. The number of anilines is 1. The van der Waals surface area contributed by atoms with Crippen LogP contribution in [0.2, 0.25) is 0 Å². The molecule has 0 saturated carbocycles. The van der Waals surface area contributed by atoms with Crippen molar-refractivity contribution in [2.24, 2.45) is 5.41 Å². The number of ether oxygens (including phenoxy) is 1. The van der Waals surface area contributed by atoms with Crippen molar-refractivity contribution in [3.63, 3.8) is 0 Å². The van der Waals surface area contributed by atoms with E-state index in [0.717, 1.165) is 16.7 Å². The zero-order valence-corrected chi connectivity index (χ0v) is 10.9. The number of aliphatic hydroxyl groups excluding tert-OH is 1. The fourth-order valence-electron chi connectivity index (χ4n) is 1.68. The van der Waals surface area contributed by atoms with Gasteiger partial charge in [0.05, 0.1) is 25.2 Å². The van der Waals surface area contributed by atoms with Gasteiger partial charge in [0.15, 0.2) is 0 Å². The molecule has 1 heterocycles. The van der Waals surface area contributed by atoms with Crippen molar-refractivity contribution in [2.75, 3.05) is 31.7 Å². The minimum Gasteiger partial charge on any atom is -0.396 e. The fourth-order valence-corrected chi connectivity index (χ4v) is 1.93. The van der Waals surface area contributed by atoms with Crippen LogP contribution < -0.4 is 5.32 Å². The highest BCUT2D eigenvalue weighted by atomic mass is 79.9. The summed E-state index contributed by atoms with van der Waals surface area (Å²) in [5, 5.41) is 12.6. The fraction of sp³-hybridized carbons (Fsp3) is 0.500. The zero-order chi connectivity index (χ0) is 11.6. The van der Waals surface area contributed by atoms with E-state index in [2.05, 4.69) is 34.2 Å². The van der Waals surface area contributed by atoms with E-state index in [1.165, 1.54) is 5.56 Å². The Kier molecular flexibility index (Phi) is 3.52. The van der Waals surface area contributed by atoms with Gasteiger partial charge in [-0.3, -0.25) is 0 Å². The summed E-state index contributed by atoms with van der Waals surface area (Å²) >= 11 is 3.47. The highest BCUT2D eigenvalue weighted by Gasteiger charge is 2.37. The van der Waals surface area contributed by atoms with Gasteiger partial charge in [-0.25, -0.2) is 0 Å². The maximum atomic E-state index is 9.29. The van der Waals surface area contributed by atoms with Crippen molar-refractivity contribution >= 4 is 21.6 Å². The van der Waals surface area contributed by atoms with Crippen molar-refractivity contribution in [2.45, 2.75) is 6.92 Å². The first kappa shape index (κ1) is 11.9. The molecule has 0 bridgehead atoms. The van der Waals surface area contributed by atoms with Crippen molar-refractivity contribution in [1.82, 2.24) is 0 Å². The average molecular weight is 286 g/mol. The Morgan fingerprint density at radius 2 is 2.25 bits per heavy atom. The second-order valence-electron chi connectivity index (χ2n) is 4.47. The highest BCUT2D eigenvalue weighted by molar-refractivity contribution is 9.10. The molecule has 0 unspecified atom stereocenters. The van der Waals surface area contributed by atoms with E-state index in [1.54, 1.807) is 0 Å². The molecular weight excluding hydrogens is 270 g/mol. The van der Waals surface area contributed by atoms with Crippen LogP contribution in [0.25, 0.3) is 0 Å². The predicted octanol–water partition coefficient (Wildman–Crippen LogP) is 2.18. The number of hydrogen-bond acceptors (Lipinski definition) is 3. The number of rotatable bonds is 4. The lowest BCUT2D eigenvalue weighted by Crippen LogP contribution is -2.50. The van der Waals surface area contributed by atoms with Gasteiger partial charge in [-0.05, 0) is 30.7 Å². The van der Waals surface area contributed by atoms with Crippen LogP contribution in [0.15, 0.2) is 22.7 Å². The van der Waals surface area contributed by atoms with E-state index >= 15 is 0 Å². The molecule has 0 spiro atoms. The van der Waals surface area contributed by atoms with Gasteiger partial charge in [0, 0.05) is 16.7 Å². The average Bonchev–Trinajstić information content (AvgIpc) is 2.22. The molecule has 1 aliphatic rings. The van der Waals surface area contributed by atoms with Crippen molar-refractivity contribution < 1.29 is 9.84 Å². The number of hydrogen-bond donors (Lipinski definition) is 2. The SMILES string of the molecule is Cc1cc(NCC2(CO)COC2)ccc1Br. The third-order valence-electron chi connectivity index (χ3n) is 2.98. The Hall–Kier alpha value is -0.580. The van der Waals surface area contributed by atoms with E-state index < -0.39 is 0 Å². The maximum absolute atomic E-state index is 9.29. The summed E-state index contributed by atoms with van der Waals surface area (Å²) in [6.07, 6.45) is 0. The number of halogens is 1. The van der Waals surface area contributed by atoms with Crippen LogP contribution in [0.4, 0.5) is 5.69 Å². The van der Waals surface area contributed by atoms with Crippen LogP contribution in [0.1, 0.15) is 5.56 Å². The molecular formula is C12H16BrNO2. The molecule has 0 aromatic heterocycles. The predicted molar refractivity (Wildman–Crippen MR) is 67.7 cm³/mol. The van der Waals surface area contributed by atoms with E-state index in [0.29, 0.717) is 13.2 Å². The molecule has 2 rings (SSSR count). The molecule has 1 aromatic carbocycles. The van der Waals surface area contributed by atoms with Gasteiger partial charge in [-0.2, -0.15) is 0 Å². The number of aliphatic hydroxyl groups is 1. The van der Waals surface area contributed by atoms with Crippen molar-refractivity contribution in [1.29, 1.82) is 0 Å². The Labute approximate surface area is 104 Å². The van der Waals surface area contributed by atoms with Gasteiger partial charge in [-0.1, -0.05) is 15.9 Å². The summed E-state index contributed by atoms with van der Waals surface area (Å²) in [7, 11) is 0. The first-order valence-electron chi connectivity index (χ1n) is 5.34. The van der Waals surface area contributed by atoms with Crippen LogP contribution >= 0.6 is 15.9 Å². The lowest BCUT2D eigenvalue weighted by Gasteiger charge is -2.40. The lowest BCUT2D eigenvalue weighted by molar-refractivity contribution is -0.128. The number of nitrogens with one attached hydrogen (secondary N) is 1. The molecule has 4 heteroatoms. The van der Waals surface area contributed by atoms with Crippen molar-refractivity contribution in [3.8, 4) is 0 Å². The van der Waals surface area contributed by atoms with Gasteiger partial charge in [0.1, 0.15) is 0 Å². The Bertz CT molecular complexity index is 372. The minimum atomic E-state index is -0.0824. The molecule has 1 aromatic rings. The smallest absolute Gasteiger partial charge is 0.0584 e. The molecule has 16 heavy (non-hydrogen) atoms. The molecule has 0 atom stereocenters. The van der Waals surface area contributed by atoms with Crippen LogP contribution in [0.5, 0.6) is 0 Å². The van der Waals surface area contributed by atoms with E-state index in [4.69, 9.17) is 4.74 Å². The largest absolute Gasteiger partial charge is 0.396 e. The first-order valence-corrected chi connectivity index (χ1v) is 6.13. The zero-order valence-electron chi connectivity index (χ0n) is 9.29. The topological polar surface area (TPSA) is 41.5 Å². The van der Waals surface area contributed by atoms with Crippen LogP contribution in [-0.4, -0.2) is 31.5 Å². The number of aryl methyl sites for hydroxylation is 1. The second kappa shape index (κ2) is 4.73. The number of benzene rings is 1. The summed E-state index contributed by atoms with van der Waals surface area (Å²) in [5.74, 6) is 0. The van der Waals surface area contributed by atoms with Crippen molar-refractivity contribution in [3.05, 3.63) is 28.2 Å². The van der Waals surface area contributed by atoms with E-state index in [-0.39, 0.29) is 12.0 Å². The normalized spacial score (nSPS) is 17.9.